The number of nitrogens with zero attached hydrogens (tertiary/aromatic N) is 1. The zero-order valence-corrected chi connectivity index (χ0v) is 8.29. The van der Waals surface area contributed by atoms with Gasteiger partial charge >= 0.3 is 0 Å². The van der Waals surface area contributed by atoms with E-state index in [4.69, 9.17) is 10.5 Å². The molecule has 0 spiro atoms. The van der Waals surface area contributed by atoms with Gasteiger partial charge in [-0.05, 0) is 12.5 Å². The van der Waals surface area contributed by atoms with Gasteiger partial charge in [-0.25, -0.2) is 0 Å². The third kappa shape index (κ3) is 3.46. The third-order valence-electron chi connectivity index (χ3n) is 1.52. The monoisotopic (exact) mass is 190 g/mol. The molecule has 1 heterocycles. The minimum absolute atomic E-state index is 0.361. The van der Waals surface area contributed by atoms with Gasteiger partial charge in [-0.3, -0.25) is 4.98 Å². The highest BCUT2D eigenvalue weighted by atomic mass is 16.5. The van der Waals surface area contributed by atoms with Crippen molar-refractivity contribution in [1.29, 1.82) is 0 Å². The van der Waals surface area contributed by atoms with Crippen LogP contribution in [-0.4, -0.2) is 18.1 Å². The zero-order chi connectivity index (χ0) is 10.2. The molecule has 0 aliphatic carbocycles. The van der Waals surface area contributed by atoms with E-state index in [2.05, 4.69) is 23.7 Å². The maximum absolute atomic E-state index is 5.41. The van der Waals surface area contributed by atoms with E-state index in [0.29, 0.717) is 13.2 Å². The predicted molar refractivity (Wildman–Crippen MR) is 56.0 cm³/mol. The van der Waals surface area contributed by atoms with Crippen LogP contribution in [0.25, 0.3) is 0 Å². The molecule has 0 amide bonds. The fourth-order valence-electron chi connectivity index (χ4n) is 0.939. The first-order valence-electron chi connectivity index (χ1n) is 4.63. The molecule has 74 valence electrons. The standard InChI is InChI=1S/C11H14N2O/c1-2-6-14-11-7-10(4-3-5-12)8-13-9-11/h7-9H,2,5-6,12H2,1H3. The Hall–Kier alpha value is -1.53. The van der Waals surface area contributed by atoms with Crippen molar-refractivity contribution in [2.24, 2.45) is 5.73 Å². The minimum atomic E-state index is 0.361. The van der Waals surface area contributed by atoms with E-state index >= 15 is 0 Å². The van der Waals surface area contributed by atoms with E-state index in [0.717, 1.165) is 17.7 Å². The number of rotatable bonds is 3. The molecule has 0 radical (unpaired) electrons. The number of aromatic nitrogens is 1. The van der Waals surface area contributed by atoms with Crippen molar-refractivity contribution in [3.8, 4) is 17.6 Å². The Morgan fingerprint density at radius 2 is 2.36 bits per heavy atom. The molecule has 0 bridgehead atoms. The molecule has 0 aromatic carbocycles. The van der Waals surface area contributed by atoms with Crippen molar-refractivity contribution < 1.29 is 4.74 Å². The van der Waals surface area contributed by atoms with Gasteiger partial charge in [-0.1, -0.05) is 18.8 Å². The summed E-state index contributed by atoms with van der Waals surface area (Å²) in [7, 11) is 0. The van der Waals surface area contributed by atoms with Crippen LogP contribution in [0.2, 0.25) is 0 Å². The molecule has 1 aromatic rings. The van der Waals surface area contributed by atoms with Gasteiger partial charge in [0.25, 0.3) is 0 Å². The molecule has 3 heteroatoms. The number of hydrogen-bond acceptors (Lipinski definition) is 3. The summed E-state index contributed by atoms with van der Waals surface area (Å²) in [6, 6.07) is 1.87. The second-order valence-corrected chi connectivity index (χ2v) is 2.76. The molecule has 14 heavy (non-hydrogen) atoms. The van der Waals surface area contributed by atoms with Crippen molar-refractivity contribution in [3.63, 3.8) is 0 Å². The summed E-state index contributed by atoms with van der Waals surface area (Å²) in [4.78, 5) is 4.02. The molecule has 1 rings (SSSR count). The molecule has 0 unspecified atom stereocenters. The van der Waals surface area contributed by atoms with E-state index in [-0.39, 0.29) is 0 Å². The van der Waals surface area contributed by atoms with Crippen LogP contribution >= 0.6 is 0 Å². The Labute approximate surface area is 84.3 Å². The average molecular weight is 190 g/mol. The Morgan fingerprint density at radius 1 is 1.50 bits per heavy atom. The maximum atomic E-state index is 5.41. The molecule has 0 saturated carbocycles. The number of hydrogen-bond donors (Lipinski definition) is 1. The van der Waals surface area contributed by atoms with Crippen molar-refractivity contribution in [2.75, 3.05) is 13.2 Å². The van der Waals surface area contributed by atoms with Crippen LogP contribution in [0.3, 0.4) is 0 Å². The fourth-order valence-corrected chi connectivity index (χ4v) is 0.939. The van der Waals surface area contributed by atoms with Crippen LogP contribution in [0.4, 0.5) is 0 Å². The van der Waals surface area contributed by atoms with Crippen LogP contribution < -0.4 is 10.5 Å². The number of ether oxygens (including phenoxy) is 1. The first-order valence-corrected chi connectivity index (χ1v) is 4.63. The molecule has 3 nitrogen and oxygen atoms in total. The Kier molecular flexibility index (Phi) is 4.53. The summed E-state index contributed by atoms with van der Waals surface area (Å²) in [5.41, 5.74) is 6.11. The minimum Gasteiger partial charge on any atom is -0.492 e. The molecule has 0 saturated heterocycles. The molecular weight excluding hydrogens is 176 g/mol. The van der Waals surface area contributed by atoms with E-state index in [1.54, 1.807) is 12.4 Å². The molecule has 1 aromatic heterocycles. The molecular formula is C11H14N2O. The molecule has 0 fully saturated rings. The predicted octanol–water partition coefficient (Wildman–Crippen LogP) is 1.18. The largest absolute Gasteiger partial charge is 0.492 e. The van der Waals surface area contributed by atoms with Gasteiger partial charge in [0.15, 0.2) is 0 Å². The van der Waals surface area contributed by atoms with Gasteiger partial charge in [0, 0.05) is 11.8 Å². The van der Waals surface area contributed by atoms with Crippen molar-refractivity contribution in [2.45, 2.75) is 13.3 Å². The van der Waals surface area contributed by atoms with Crippen LogP contribution in [-0.2, 0) is 0 Å². The summed E-state index contributed by atoms with van der Waals surface area (Å²) in [5, 5.41) is 0. The van der Waals surface area contributed by atoms with Crippen molar-refractivity contribution in [1.82, 2.24) is 4.98 Å². The summed E-state index contributed by atoms with van der Waals surface area (Å²) in [5.74, 6) is 6.43. The first kappa shape index (κ1) is 10.6. The lowest BCUT2D eigenvalue weighted by Gasteiger charge is -2.02. The highest BCUT2D eigenvalue weighted by Crippen LogP contribution is 2.10. The highest BCUT2D eigenvalue weighted by Gasteiger charge is 1.94. The molecule has 0 atom stereocenters. The van der Waals surface area contributed by atoms with Crippen molar-refractivity contribution in [3.05, 3.63) is 24.0 Å². The van der Waals surface area contributed by atoms with E-state index in [9.17, 15) is 0 Å². The zero-order valence-electron chi connectivity index (χ0n) is 8.29. The second-order valence-electron chi connectivity index (χ2n) is 2.76. The molecule has 0 aliphatic rings. The summed E-state index contributed by atoms with van der Waals surface area (Å²) < 4.78 is 5.41. The van der Waals surface area contributed by atoms with E-state index in [1.165, 1.54) is 0 Å². The maximum Gasteiger partial charge on any atom is 0.138 e. The van der Waals surface area contributed by atoms with Gasteiger partial charge in [0.2, 0.25) is 0 Å². The van der Waals surface area contributed by atoms with Gasteiger partial charge in [-0.2, -0.15) is 0 Å². The normalized spacial score (nSPS) is 9.00. The highest BCUT2D eigenvalue weighted by molar-refractivity contribution is 5.36. The molecule has 2 N–H and O–H groups in total. The quantitative estimate of drug-likeness (QED) is 0.728. The van der Waals surface area contributed by atoms with Gasteiger partial charge < -0.3 is 10.5 Å². The summed E-state index contributed by atoms with van der Waals surface area (Å²) >= 11 is 0. The summed E-state index contributed by atoms with van der Waals surface area (Å²) in [6.07, 6.45) is 4.36. The third-order valence-corrected chi connectivity index (χ3v) is 1.52. The van der Waals surface area contributed by atoms with Gasteiger partial charge in [0.05, 0.1) is 19.3 Å². The fraction of sp³-hybridized carbons (Fsp3) is 0.364. The lowest BCUT2D eigenvalue weighted by molar-refractivity contribution is 0.316. The second kappa shape index (κ2) is 6.01. The van der Waals surface area contributed by atoms with E-state index in [1.807, 2.05) is 6.07 Å². The SMILES string of the molecule is CCCOc1cncc(C#CCN)c1. The van der Waals surface area contributed by atoms with E-state index < -0.39 is 0 Å². The molecule has 0 aliphatic heterocycles. The number of pyridine rings is 1. The van der Waals surface area contributed by atoms with Crippen molar-refractivity contribution >= 4 is 0 Å². The Bertz CT molecular complexity index is 339. The lowest BCUT2D eigenvalue weighted by atomic mass is 10.3. The Morgan fingerprint density at radius 3 is 3.07 bits per heavy atom. The topological polar surface area (TPSA) is 48.1 Å². The van der Waals surface area contributed by atoms with Gasteiger partial charge in [-0.15, -0.1) is 0 Å². The smallest absolute Gasteiger partial charge is 0.138 e. The first-order chi connectivity index (χ1) is 6.86. The Balaban J connectivity index is 2.68. The van der Waals surface area contributed by atoms with Crippen LogP contribution in [0.15, 0.2) is 18.5 Å². The van der Waals surface area contributed by atoms with Gasteiger partial charge in [0.1, 0.15) is 5.75 Å². The van der Waals surface area contributed by atoms with Crippen LogP contribution in [0, 0.1) is 11.8 Å². The average Bonchev–Trinajstić information content (AvgIpc) is 2.24. The lowest BCUT2D eigenvalue weighted by Crippen LogP contribution is -1.96. The van der Waals surface area contributed by atoms with Crippen LogP contribution in [0.5, 0.6) is 5.75 Å². The van der Waals surface area contributed by atoms with Crippen LogP contribution in [0.1, 0.15) is 18.9 Å². The summed E-state index contributed by atoms with van der Waals surface area (Å²) in [6.45, 7) is 3.13. The number of nitrogens with two attached hydrogens (primary N) is 1.